The molecule has 1 aromatic heterocycles. The molecule has 0 N–H and O–H groups in total. The number of fused-ring (bicyclic) bond motifs is 12. The maximum Gasteiger partial charge on any atom is 0.288 e. The molecule has 0 unspecified atom stereocenters. The third-order valence-electron chi connectivity index (χ3n) is 6.72. The maximum atomic E-state index is 12.8. The summed E-state index contributed by atoms with van der Waals surface area (Å²) in [5.41, 5.74) is -0.326. The van der Waals surface area contributed by atoms with Crippen LogP contribution in [0.5, 0.6) is 0 Å². The average Bonchev–Trinajstić information content (AvgIpc) is 3.35. The zero-order chi connectivity index (χ0) is 16.9. The molecule has 2 heterocycles. The van der Waals surface area contributed by atoms with Crippen molar-refractivity contribution in [3.05, 3.63) is 51.0 Å². The summed E-state index contributed by atoms with van der Waals surface area (Å²) in [4.78, 5) is 18.1. The van der Waals surface area contributed by atoms with Gasteiger partial charge in [-0.2, -0.15) is 0 Å². The van der Waals surface area contributed by atoms with Crippen LogP contribution in [0, 0.1) is 39.0 Å². The molecular weight excluding hydrogens is 328 g/mol. The summed E-state index contributed by atoms with van der Waals surface area (Å²) < 4.78 is 4.97. The van der Waals surface area contributed by atoms with Gasteiger partial charge in [-0.15, -0.1) is 0 Å². The van der Waals surface area contributed by atoms with Crippen molar-refractivity contribution >= 4 is 5.71 Å². The Bertz CT molecular complexity index is 904. The molecule has 0 amide bonds. The van der Waals surface area contributed by atoms with E-state index in [1.54, 1.807) is 0 Å². The van der Waals surface area contributed by atoms with Gasteiger partial charge in [0.25, 0.3) is 5.54 Å². The topological polar surface area (TPSA) is 117 Å². The van der Waals surface area contributed by atoms with E-state index in [9.17, 15) is 15.3 Å². The van der Waals surface area contributed by atoms with Gasteiger partial charge < -0.3 is 4.84 Å². The second-order valence-electron chi connectivity index (χ2n) is 7.51. The molecule has 7 atom stereocenters. The third kappa shape index (κ3) is 1.29. The van der Waals surface area contributed by atoms with E-state index >= 15 is 0 Å². The molecule has 9 nitrogen and oxygen atoms in total. The van der Waals surface area contributed by atoms with Crippen LogP contribution in [-0.2, 0) is 10.4 Å². The molecule has 1 fully saturated rings. The number of nitrogens with zero attached hydrogens (tertiary/aromatic N) is 4. The van der Waals surface area contributed by atoms with Crippen LogP contribution < -0.4 is 0 Å². The van der Waals surface area contributed by atoms with Gasteiger partial charge in [-0.3, -0.25) is 15.3 Å². The molecule has 128 valence electrons. The van der Waals surface area contributed by atoms with Crippen molar-refractivity contribution in [2.45, 2.75) is 30.4 Å². The molecule has 1 aliphatic heterocycles. The Morgan fingerprint density at radius 2 is 2.20 bits per heavy atom. The minimum absolute atomic E-state index is 0.00119. The maximum absolute atomic E-state index is 12.8. The summed E-state index contributed by atoms with van der Waals surface area (Å²) in [6, 6.07) is 0. The van der Waals surface area contributed by atoms with E-state index in [0.717, 1.165) is 6.42 Å². The summed E-state index contributed by atoms with van der Waals surface area (Å²) in [5, 5.41) is 33.1. The Morgan fingerprint density at radius 1 is 1.32 bits per heavy atom. The zero-order valence-corrected chi connectivity index (χ0v) is 13.0. The van der Waals surface area contributed by atoms with Crippen LogP contribution in [0.15, 0.2) is 28.9 Å². The average molecular weight is 342 g/mol. The van der Waals surface area contributed by atoms with E-state index in [1.165, 1.54) is 0 Å². The van der Waals surface area contributed by atoms with Crippen LogP contribution in [0.2, 0.25) is 0 Å². The van der Waals surface area contributed by atoms with Crippen LogP contribution in [0.3, 0.4) is 0 Å². The van der Waals surface area contributed by atoms with E-state index < -0.39 is 11.5 Å². The Kier molecular flexibility index (Phi) is 2.22. The fraction of sp³-hybridized carbons (Fsp3) is 0.562. The first-order valence-electron chi connectivity index (χ1n) is 8.47. The van der Waals surface area contributed by atoms with Gasteiger partial charge in [-0.05, 0) is 23.9 Å². The Labute approximate surface area is 141 Å². The van der Waals surface area contributed by atoms with Crippen LogP contribution in [0.1, 0.15) is 30.1 Å². The monoisotopic (exact) mass is 342 g/mol. The van der Waals surface area contributed by atoms with Crippen LogP contribution in [0.4, 0.5) is 0 Å². The molecule has 0 radical (unpaired) electrons. The Hall–Kier alpha value is -2.71. The van der Waals surface area contributed by atoms with Crippen molar-refractivity contribution < 1.29 is 19.3 Å². The molecule has 1 aromatic rings. The lowest BCUT2D eigenvalue weighted by Crippen LogP contribution is -2.59. The Morgan fingerprint density at radius 3 is 3.04 bits per heavy atom. The molecule has 6 rings (SSSR count). The van der Waals surface area contributed by atoms with E-state index in [-0.39, 0.29) is 34.7 Å². The van der Waals surface area contributed by atoms with Gasteiger partial charge in [0.1, 0.15) is 11.6 Å². The second-order valence-corrected chi connectivity index (χ2v) is 7.51. The molecule has 1 saturated carbocycles. The van der Waals surface area contributed by atoms with Gasteiger partial charge >= 0.3 is 0 Å². The van der Waals surface area contributed by atoms with Crippen LogP contribution in [-0.4, -0.2) is 32.0 Å². The molecule has 25 heavy (non-hydrogen) atoms. The molecule has 2 bridgehead atoms. The quantitative estimate of drug-likeness (QED) is 0.327. The zero-order valence-electron chi connectivity index (χ0n) is 13.0. The second kappa shape index (κ2) is 4.09. The minimum Gasteiger partial charge on any atom is -0.396 e. The predicted molar refractivity (Wildman–Crippen MR) is 80.7 cm³/mol. The fourth-order valence-corrected chi connectivity index (χ4v) is 5.88. The van der Waals surface area contributed by atoms with E-state index in [0.29, 0.717) is 28.4 Å². The number of aromatic nitrogens is 2. The SMILES string of the molecule is O=[N+]([O-])[C@@]12c3nonc3[C@@H]3C(=[N+]([O-])O[C@@H]4C=CC[C@@H]43)[C@@H]1[C@H]1C=C[C@@H]2C1. The lowest BCUT2D eigenvalue weighted by Gasteiger charge is -2.42. The van der Waals surface area contributed by atoms with Crippen molar-refractivity contribution in [1.29, 1.82) is 0 Å². The largest absolute Gasteiger partial charge is 0.396 e. The minimum atomic E-state index is -1.48. The van der Waals surface area contributed by atoms with Crippen molar-refractivity contribution in [1.82, 2.24) is 10.3 Å². The lowest BCUT2D eigenvalue weighted by atomic mass is 9.60. The first-order chi connectivity index (χ1) is 12.1. The van der Waals surface area contributed by atoms with Crippen molar-refractivity contribution in [2.75, 3.05) is 0 Å². The number of hydrogen-bond acceptors (Lipinski definition) is 7. The van der Waals surface area contributed by atoms with Crippen molar-refractivity contribution in [3.8, 4) is 0 Å². The predicted octanol–water partition coefficient (Wildman–Crippen LogP) is 1.30. The summed E-state index contributed by atoms with van der Waals surface area (Å²) in [6.07, 6.45) is 8.75. The summed E-state index contributed by atoms with van der Waals surface area (Å²) in [6.45, 7) is 0. The standard InChI is InChI=1S/C16H14N4O5/c21-19-14-11(9-2-1-3-10(9)24-19)13-15(18-25-17-13)16(20(22)23)8-5-4-7(6-8)12(14)16/h1,3-5,7-12H,2,6H2/t7-,8+,9-,10+,11+,12-,16+/m0/s1. The van der Waals surface area contributed by atoms with Gasteiger partial charge in [0.2, 0.25) is 5.71 Å². The summed E-state index contributed by atoms with van der Waals surface area (Å²) in [5.74, 6) is -1.30. The van der Waals surface area contributed by atoms with Gasteiger partial charge in [-0.25, -0.2) is 4.63 Å². The highest BCUT2D eigenvalue weighted by molar-refractivity contribution is 5.93. The normalized spacial score (nSPS) is 45.0. The van der Waals surface area contributed by atoms with Gasteiger partial charge in [0.05, 0.1) is 17.9 Å². The van der Waals surface area contributed by atoms with Crippen LogP contribution in [0.25, 0.3) is 0 Å². The summed E-state index contributed by atoms with van der Waals surface area (Å²) in [7, 11) is 0. The Balaban J connectivity index is 1.68. The number of nitro groups is 1. The molecule has 9 heteroatoms. The molecule has 0 aromatic carbocycles. The van der Waals surface area contributed by atoms with Crippen molar-refractivity contribution in [2.24, 2.45) is 23.7 Å². The molecule has 4 aliphatic carbocycles. The highest BCUT2D eigenvalue weighted by Crippen LogP contribution is 2.63. The number of rotatable bonds is 1. The van der Waals surface area contributed by atoms with E-state index in [2.05, 4.69) is 10.3 Å². The van der Waals surface area contributed by atoms with Crippen LogP contribution >= 0.6 is 0 Å². The van der Waals surface area contributed by atoms with Crippen molar-refractivity contribution in [3.63, 3.8) is 0 Å². The fourth-order valence-electron chi connectivity index (χ4n) is 5.88. The third-order valence-corrected chi connectivity index (χ3v) is 6.72. The summed E-state index contributed by atoms with van der Waals surface area (Å²) >= 11 is 0. The smallest absolute Gasteiger partial charge is 0.288 e. The van der Waals surface area contributed by atoms with E-state index in [4.69, 9.17) is 9.47 Å². The highest BCUT2D eigenvalue weighted by Gasteiger charge is 2.77. The number of hydrogen-bond donors (Lipinski definition) is 0. The first-order valence-corrected chi connectivity index (χ1v) is 8.47. The van der Waals surface area contributed by atoms with Gasteiger partial charge in [-0.1, -0.05) is 29.5 Å². The highest BCUT2D eigenvalue weighted by atomic mass is 16.9. The molecule has 0 spiro atoms. The van der Waals surface area contributed by atoms with Gasteiger partial charge in [0.15, 0.2) is 5.69 Å². The molecule has 5 aliphatic rings. The molecular formula is C16H14N4O5. The van der Waals surface area contributed by atoms with E-state index in [1.807, 2.05) is 24.3 Å². The first kappa shape index (κ1) is 13.6. The van der Waals surface area contributed by atoms with Gasteiger partial charge in [0, 0.05) is 15.7 Å². The molecule has 0 saturated heterocycles. The lowest BCUT2D eigenvalue weighted by molar-refractivity contribution is -0.760. The number of allylic oxidation sites excluding steroid dienone is 2.